The highest BCUT2D eigenvalue weighted by Gasteiger charge is 2.11. The van der Waals surface area contributed by atoms with Gasteiger partial charge in [0.05, 0.1) is 6.07 Å². The van der Waals surface area contributed by atoms with Crippen LogP contribution < -0.4 is 15.8 Å². The van der Waals surface area contributed by atoms with E-state index in [1.807, 2.05) is 0 Å². The van der Waals surface area contributed by atoms with Crippen LogP contribution in [0.2, 0.25) is 0 Å². The lowest BCUT2D eigenvalue weighted by atomic mass is 10.5. The predicted octanol–water partition coefficient (Wildman–Crippen LogP) is -1.64. The Morgan fingerprint density at radius 2 is 2.29 bits per heavy atom. The zero-order valence-electron chi connectivity index (χ0n) is 8.25. The predicted molar refractivity (Wildman–Crippen MR) is 49.2 cm³/mol. The van der Waals surface area contributed by atoms with Crippen molar-refractivity contribution < 1.29 is 24.2 Å². The van der Waals surface area contributed by atoms with Crippen LogP contribution in [-0.2, 0) is 0 Å². The minimum absolute atomic E-state index is 0.481. The zero-order chi connectivity index (χ0) is 12.8. The van der Waals surface area contributed by atoms with Crippen molar-refractivity contribution >= 4 is 17.8 Å². The molecule has 0 spiro atoms. The molecule has 17 heavy (non-hydrogen) atoms. The van der Waals surface area contributed by atoms with Crippen molar-refractivity contribution in [2.75, 3.05) is 5.73 Å². The maximum Gasteiger partial charge on any atom is 0.433 e. The fourth-order valence-electron chi connectivity index (χ4n) is 0.771. The van der Waals surface area contributed by atoms with E-state index in [0.717, 1.165) is 12.1 Å². The lowest BCUT2D eigenvalue weighted by Gasteiger charge is -1.91. The first-order valence-electron chi connectivity index (χ1n) is 4.13. The Morgan fingerprint density at radius 1 is 1.59 bits per heavy atom. The average Bonchev–Trinajstić information content (AvgIpc) is 2.87. The van der Waals surface area contributed by atoms with Gasteiger partial charge in [-0.25, -0.2) is 4.98 Å². The number of furan rings is 1. The number of nitrogens with zero attached hydrogens (tertiary/aromatic N) is 2. The molecule has 0 amide bonds. The number of nitro groups is 1. The number of aromatic carboxylic acids is 1. The number of carboxylic acid groups (broad SMARTS) is 1. The molecule has 0 bridgehead atoms. The summed E-state index contributed by atoms with van der Waals surface area (Å²) in [7, 11) is 0. The number of nitrogen functional groups attached to an aromatic ring is 1. The van der Waals surface area contributed by atoms with Crippen LogP contribution >= 0.6 is 0 Å². The molecule has 0 aromatic carbocycles. The summed E-state index contributed by atoms with van der Waals surface area (Å²) in [5, 5.41) is 25.9. The molecule has 0 aliphatic carbocycles. The van der Waals surface area contributed by atoms with Gasteiger partial charge in [0.2, 0.25) is 6.33 Å². The van der Waals surface area contributed by atoms with Crippen molar-refractivity contribution in [3.63, 3.8) is 0 Å². The third-order valence-corrected chi connectivity index (χ3v) is 1.44. The lowest BCUT2D eigenvalue weighted by molar-refractivity contribution is -0.402. The van der Waals surface area contributed by atoms with Crippen LogP contribution in [-0.4, -0.2) is 21.1 Å². The van der Waals surface area contributed by atoms with E-state index in [4.69, 9.17) is 5.73 Å². The third-order valence-electron chi connectivity index (χ3n) is 1.44. The maximum atomic E-state index is 10.0. The fourth-order valence-corrected chi connectivity index (χ4v) is 0.771. The molecule has 4 N–H and O–H groups in total. The van der Waals surface area contributed by atoms with E-state index in [2.05, 4.69) is 19.6 Å². The molecule has 2 heterocycles. The van der Waals surface area contributed by atoms with Crippen LogP contribution in [0.3, 0.4) is 0 Å². The van der Waals surface area contributed by atoms with Gasteiger partial charge in [-0.1, -0.05) is 0 Å². The first kappa shape index (κ1) is 12.2. The second-order valence-electron chi connectivity index (χ2n) is 2.61. The Morgan fingerprint density at radius 3 is 2.53 bits per heavy atom. The number of anilines is 1. The molecule has 10 heteroatoms. The summed E-state index contributed by atoms with van der Waals surface area (Å²) < 4.78 is 4.25. The summed E-state index contributed by atoms with van der Waals surface area (Å²) in [4.78, 5) is 21.7. The topological polar surface area (TPSA) is 165 Å². The van der Waals surface area contributed by atoms with E-state index in [1.165, 1.54) is 6.33 Å². The van der Waals surface area contributed by atoms with E-state index in [1.54, 1.807) is 0 Å². The molecule has 10 nitrogen and oxygen atoms in total. The normalized spacial score (nSPS) is 9.18. The maximum absolute atomic E-state index is 10.0. The Hall–Kier alpha value is -2.91. The quantitative estimate of drug-likeness (QED) is 0.469. The van der Waals surface area contributed by atoms with E-state index in [0.29, 0.717) is 5.95 Å². The summed E-state index contributed by atoms with van der Waals surface area (Å²) in [5.41, 5.74) is 5.10. The van der Waals surface area contributed by atoms with Crippen LogP contribution in [0.5, 0.6) is 0 Å². The van der Waals surface area contributed by atoms with Gasteiger partial charge in [-0.15, -0.1) is 5.10 Å². The van der Waals surface area contributed by atoms with Crippen LogP contribution in [0.4, 0.5) is 11.8 Å². The molecule has 90 valence electrons. The number of rotatable bonds is 2. The SMILES string of the molecule is Nc1[nH]nc[nH+]1.O=C([O-])c1ccc([N+](=O)[O-])o1. The van der Waals surface area contributed by atoms with Gasteiger partial charge in [-0.3, -0.25) is 10.1 Å². The molecule has 0 radical (unpaired) electrons. The summed E-state index contributed by atoms with van der Waals surface area (Å²) >= 11 is 0. The highest BCUT2D eigenvalue weighted by molar-refractivity contribution is 5.82. The van der Waals surface area contributed by atoms with Gasteiger partial charge < -0.3 is 20.1 Å². The van der Waals surface area contributed by atoms with Crippen molar-refractivity contribution in [1.29, 1.82) is 0 Å². The number of carbonyl (C=O) groups is 1. The van der Waals surface area contributed by atoms with E-state index in [-0.39, 0.29) is 0 Å². The van der Waals surface area contributed by atoms with Crippen LogP contribution in [0, 0.1) is 10.1 Å². The Bertz CT molecular complexity index is 476. The molecule has 0 atom stereocenters. The summed E-state index contributed by atoms with van der Waals surface area (Å²) in [6.45, 7) is 0. The van der Waals surface area contributed by atoms with Crippen molar-refractivity contribution in [3.05, 3.63) is 34.3 Å². The molecule has 2 rings (SSSR count). The number of H-pyrrole nitrogens is 2. The molecule has 0 saturated heterocycles. The molecular formula is C7H7N5O5. The highest BCUT2D eigenvalue weighted by Crippen LogP contribution is 2.14. The number of aromatic amines is 2. The molecular weight excluding hydrogens is 234 g/mol. The molecule has 0 fully saturated rings. The first-order valence-corrected chi connectivity index (χ1v) is 4.13. The van der Waals surface area contributed by atoms with Gasteiger partial charge in [0.15, 0.2) is 5.76 Å². The minimum atomic E-state index is -1.57. The van der Waals surface area contributed by atoms with Crippen molar-refractivity contribution in [2.24, 2.45) is 0 Å². The zero-order valence-corrected chi connectivity index (χ0v) is 8.25. The Kier molecular flexibility index (Phi) is 3.76. The monoisotopic (exact) mass is 241 g/mol. The van der Waals surface area contributed by atoms with Crippen molar-refractivity contribution in [3.8, 4) is 0 Å². The Balaban J connectivity index is 0.000000202. The molecule has 2 aromatic heterocycles. The Labute approximate surface area is 93.2 Å². The molecule has 0 saturated carbocycles. The summed E-state index contributed by atoms with van der Waals surface area (Å²) in [6.07, 6.45) is 1.48. The van der Waals surface area contributed by atoms with Gasteiger partial charge in [-0.2, -0.15) is 0 Å². The van der Waals surface area contributed by atoms with Gasteiger partial charge in [0.25, 0.3) is 0 Å². The first-order chi connectivity index (χ1) is 8.00. The van der Waals surface area contributed by atoms with Gasteiger partial charge >= 0.3 is 11.8 Å². The number of nitrogens with one attached hydrogen (secondary N) is 2. The lowest BCUT2D eigenvalue weighted by Crippen LogP contribution is -2.21. The number of carbonyl (C=O) groups excluding carboxylic acids is 1. The van der Waals surface area contributed by atoms with Gasteiger partial charge in [0, 0.05) is 0 Å². The number of hydrogen-bond donors (Lipinski definition) is 2. The smallest absolute Gasteiger partial charge is 0.433 e. The second kappa shape index (κ2) is 5.25. The van der Waals surface area contributed by atoms with E-state index in [9.17, 15) is 20.0 Å². The molecule has 0 unspecified atom stereocenters. The second-order valence-corrected chi connectivity index (χ2v) is 2.61. The van der Waals surface area contributed by atoms with Crippen LogP contribution in [0.15, 0.2) is 22.9 Å². The van der Waals surface area contributed by atoms with Gasteiger partial charge in [-0.05, 0) is 11.2 Å². The minimum Gasteiger partial charge on any atom is -0.542 e. The third kappa shape index (κ3) is 3.62. The molecule has 2 aromatic rings. The summed E-state index contributed by atoms with van der Waals surface area (Å²) in [6, 6.07) is 1.92. The number of nitrogens with two attached hydrogens (primary N) is 1. The number of hydrogen-bond acceptors (Lipinski definition) is 7. The van der Waals surface area contributed by atoms with Gasteiger partial charge in [0.1, 0.15) is 10.9 Å². The number of aromatic nitrogens is 3. The van der Waals surface area contributed by atoms with Crippen LogP contribution in [0.1, 0.15) is 10.6 Å². The fraction of sp³-hybridized carbons (Fsp3) is 0. The molecule has 0 aliphatic heterocycles. The average molecular weight is 241 g/mol. The van der Waals surface area contributed by atoms with E-state index < -0.39 is 22.5 Å². The highest BCUT2D eigenvalue weighted by atomic mass is 16.6. The molecule has 0 aliphatic rings. The largest absolute Gasteiger partial charge is 0.542 e. The standard InChI is InChI=1S/C5H3NO5.C2H4N4/c7-5(8)3-1-2-4(11-3)6(9)10;3-2-4-1-5-6-2/h1-2H,(H,7,8);1H,(H3,3,4,5,6). The summed E-state index contributed by atoms with van der Waals surface area (Å²) in [5.74, 6) is -2.24. The van der Waals surface area contributed by atoms with Crippen molar-refractivity contribution in [2.45, 2.75) is 0 Å². The van der Waals surface area contributed by atoms with Crippen LogP contribution in [0.25, 0.3) is 0 Å². The van der Waals surface area contributed by atoms with E-state index >= 15 is 0 Å². The number of carboxylic acids is 1. The van der Waals surface area contributed by atoms with Crippen molar-refractivity contribution in [1.82, 2.24) is 10.2 Å².